The van der Waals surface area contributed by atoms with Crippen LogP contribution in [0.2, 0.25) is 10.0 Å². The highest BCUT2D eigenvalue weighted by Crippen LogP contribution is 2.26. The van der Waals surface area contributed by atoms with E-state index in [0.29, 0.717) is 40.1 Å². The summed E-state index contributed by atoms with van der Waals surface area (Å²) in [6.07, 6.45) is 2.56. The molecule has 0 radical (unpaired) electrons. The van der Waals surface area contributed by atoms with Crippen LogP contribution in [-0.4, -0.2) is 31.7 Å². The van der Waals surface area contributed by atoms with Gasteiger partial charge in [0.15, 0.2) is 0 Å². The molecule has 2 aromatic rings. The van der Waals surface area contributed by atoms with Gasteiger partial charge in [0, 0.05) is 24.5 Å². The van der Waals surface area contributed by atoms with Crippen molar-refractivity contribution in [2.45, 2.75) is 30.6 Å². The molecule has 1 aliphatic rings. The first-order valence-electron chi connectivity index (χ1n) is 8.70. The number of hydrogen-bond donors (Lipinski definition) is 1. The third-order valence-corrected chi connectivity index (χ3v) is 6.95. The molecule has 1 fully saturated rings. The molecule has 1 aliphatic heterocycles. The predicted molar refractivity (Wildman–Crippen MR) is 108 cm³/mol. The first kappa shape index (κ1) is 20.1. The standard InChI is InChI=1S/C19H20Cl2N2O3S/c20-15-6-9-17(21)18(13-15)22-19(24)10-5-14-3-7-16(8-4-14)27(25,26)23-11-1-2-12-23/h3-4,6-9,13H,1-2,5,10-12H2,(H,22,24). The largest absolute Gasteiger partial charge is 0.325 e. The van der Waals surface area contributed by atoms with Gasteiger partial charge in [-0.1, -0.05) is 35.3 Å². The second-order valence-corrected chi connectivity index (χ2v) is 9.21. The van der Waals surface area contributed by atoms with Gasteiger partial charge in [0.1, 0.15) is 0 Å². The third kappa shape index (κ3) is 5.02. The maximum absolute atomic E-state index is 12.5. The van der Waals surface area contributed by atoms with E-state index in [-0.39, 0.29) is 12.3 Å². The Balaban J connectivity index is 1.58. The van der Waals surface area contributed by atoms with Crippen LogP contribution in [-0.2, 0) is 21.2 Å². The molecule has 0 unspecified atom stereocenters. The maximum Gasteiger partial charge on any atom is 0.243 e. The Morgan fingerprint density at radius 2 is 1.70 bits per heavy atom. The van der Waals surface area contributed by atoms with Crippen LogP contribution in [0.5, 0.6) is 0 Å². The van der Waals surface area contributed by atoms with E-state index in [0.717, 1.165) is 18.4 Å². The fourth-order valence-corrected chi connectivity index (χ4v) is 4.82. The molecule has 2 aromatic carbocycles. The Labute approximate surface area is 169 Å². The molecule has 0 bridgehead atoms. The molecule has 1 amide bonds. The fraction of sp³-hybridized carbons (Fsp3) is 0.316. The molecule has 1 saturated heterocycles. The van der Waals surface area contributed by atoms with E-state index < -0.39 is 10.0 Å². The number of sulfonamides is 1. The molecule has 0 saturated carbocycles. The zero-order valence-corrected chi connectivity index (χ0v) is 16.9. The summed E-state index contributed by atoms with van der Waals surface area (Å²) in [5, 5.41) is 3.65. The van der Waals surface area contributed by atoms with Gasteiger partial charge < -0.3 is 5.32 Å². The monoisotopic (exact) mass is 426 g/mol. The molecule has 144 valence electrons. The SMILES string of the molecule is O=C(CCc1ccc(S(=O)(=O)N2CCCC2)cc1)Nc1cc(Cl)ccc1Cl. The number of hydrogen-bond acceptors (Lipinski definition) is 3. The first-order chi connectivity index (χ1) is 12.9. The molecule has 0 atom stereocenters. The molecular formula is C19H20Cl2N2O3S. The van der Waals surface area contributed by atoms with Gasteiger partial charge in [0.2, 0.25) is 15.9 Å². The summed E-state index contributed by atoms with van der Waals surface area (Å²) >= 11 is 11.9. The molecule has 1 heterocycles. The van der Waals surface area contributed by atoms with Crippen LogP contribution < -0.4 is 5.32 Å². The van der Waals surface area contributed by atoms with Gasteiger partial charge in [-0.25, -0.2) is 8.42 Å². The Hall–Kier alpha value is -1.60. The van der Waals surface area contributed by atoms with E-state index in [2.05, 4.69) is 5.32 Å². The molecule has 3 rings (SSSR count). The number of benzene rings is 2. The molecule has 0 aromatic heterocycles. The lowest BCUT2D eigenvalue weighted by atomic mass is 10.1. The number of aryl methyl sites for hydroxylation is 1. The third-order valence-electron chi connectivity index (χ3n) is 4.47. The molecule has 0 aliphatic carbocycles. The van der Waals surface area contributed by atoms with Crippen molar-refractivity contribution in [3.05, 3.63) is 58.1 Å². The van der Waals surface area contributed by atoms with Crippen molar-refractivity contribution < 1.29 is 13.2 Å². The number of carbonyl (C=O) groups excluding carboxylic acids is 1. The van der Waals surface area contributed by atoms with Crippen LogP contribution in [0.4, 0.5) is 5.69 Å². The van der Waals surface area contributed by atoms with Crippen LogP contribution in [0.25, 0.3) is 0 Å². The van der Waals surface area contributed by atoms with Gasteiger partial charge in [0.25, 0.3) is 0 Å². The quantitative estimate of drug-likeness (QED) is 0.746. The molecule has 8 heteroatoms. The molecule has 27 heavy (non-hydrogen) atoms. The number of anilines is 1. The van der Waals surface area contributed by atoms with Crippen LogP contribution in [0.15, 0.2) is 47.4 Å². The summed E-state index contributed by atoms with van der Waals surface area (Å²) in [5.41, 5.74) is 1.36. The Bertz CT molecular complexity index is 924. The van der Waals surface area contributed by atoms with Crippen molar-refractivity contribution in [1.29, 1.82) is 0 Å². The zero-order chi connectivity index (χ0) is 19.4. The summed E-state index contributed by atoms with van der Waals surface area (Å²) in [6, 6.07) is 11.6. The minimum absolute atomic E-state index is 0.187. The van der Waals surface area contributed by atoms with Crippen molar-refractivity contribution >= 4 is 44.8 Å². The fourth-order valence-electron chi connectivity index (χ4n) is 2.97. The summed E-state index contributed by atoms with van der Waals surface area (Å²) in [5.74, 6) is -0.187. The molecule has 5 nitrogen and oxygen atoms in total. The first-order valence-corrected chi connectivity index (χ1v) is 10.9. The number of halogens is 2. The van der Waals surface area contributed by atoms with Crippen LogP contribution in [0.1, 0.15) is 24.8 Å². The molecular weight excluding hydrogens is 407 g/mol. The number of rotatable bonds is 6. The van der Waals surface area contributed by atoms with Gasteiger partial charge in [0.05, 0.1) is 15.6 Å². The minimum atomic E-state index is -3.41. The van der Waals surface area contributed by atoms with Crippen molar-refractivity contribution in [2.24, 2.45) is 0 Å². The average molecular weight is 427 g/mol. The topological polar surface area (TPSA) is 66.5 Å². The normalized spacial score (nSPS) is 15.0. The van der Waals surface area contributed by atoms with Gasteiger partial charge in [-0.05, 0) is 55.2 Å². The lowest BCUT2D eigenvalue weighted by Gasteiger charge is -2.15. The summed E-state index contributed by atoms with van der Waals surface area (Å²) in [7, 11) is -3.41. The number of carbonyl (C=O) groups is 1. The van der Waals surface area contributed by atoms with E-state index in [4.69, 9.17) is 23.2 Å². The van der Waals surface area contributed by atoms with Crippen molar-refractivity contribution in [3.8, 4) is 0 Å². The maximum atomic E-state index is 12.5. The van der Waals surface area contributed by atoms with Gasteiger partial charge in [-0.2, -0.15) is 4.31 Å². The Kier molecular flexibility index (Phi) is 6.42. The highest BCUT2D eigenvalue weighted by molar-refractivity contribution is 7.89. The van der Waals surface area contributed by atoms with E-state index in [1.165, 1.54) is 4.31 Å². The van der Waals surface area contributed by atoms with Gasteiger partial charge >= 0.3 is 0 Å². The van der Waals surface area contributed by atoms with E-state index in [9.17, 15) is 13.2 Å². The van der Waals surface area contributed by atoms with Crippen molar-refractivity contribution in [3.63, 3.8) is 0 Å². The van der Waals surface area contributed by atoms with Crippen LogP contribution in [0, 0.1) is 0 Å². The number of nitrogens with zero attached hydrogens (tertiary/aromatic N) is 1. The highest BCUT2D eigenvalue weighted by Gasteiger charge is 2.26. The van der Waals surface area contributed by atoms with E-state index in [1.807, 2.05) is 0 Å². The lowest BCUT2D eigenvalue weighted by Crippen LogP contribution is -2.27. The Morgan fingerprint density at radius 3 is 2.37 bits per heavy atom. The summed E-state index contributed by atoms with van der Waals surface area (Å²) in [4.78, 5) is 12.4. The second kappa shape index (κ2) is 8.61. The van der Waals surface area contributed by atoms with Crippen molar-refractivity contribution in [1.82, 2.24) is 4.31 Å². The number of nitrogens with one attached hydrogen (secondary N) is 1. The second-order valence-electron chi connectivity index (χ2n) is 6.43. The zero-order valence-electron chi connectivity index (χ0n) is 14.6. The molecule has 0 spiro atoms. The average Bonchev–Trinajstić information content (AvgIpc) is 3.19. The summed E-state index contributed by atoms with van der Waals surface area (Å²) < 4.78 is 26.5. The van der Waals surface area contributed by atoms with E-state index >= 15 is 0 Å². The Morgan fingerprint density at radius 1 is 1.04 bits per heavy atom. The molecule has 1 N–H and O–H groups in total. The predicted octanol–water partition coefficient (Wildman–Crippen LogP) is 4.35. The van der Waals surface area contributed by atoms with E-state index in [1.54, 1.807) is 42.5 Å². The minimum Gasteiger partial charge on any atom is -0.325 e. The summed E-state index contributed by atoms with van der Waals surface area (Å²) in [6.45, 7) is 1.16. The van der Waals surface area contributed by atoms with Crippen molar-refractivity contribution in [2.75, 3.05) is 18.4 Å². The van der Waals surface area contributed by atoms with Gasteiger partial charge in [-0.3, -0.25) is 4.79 Å². The highest BCUT2D eigenvalue weighted by atomic mass is 35.5. The van der Waals surface area contributed by atoms with Crippen LogP contribution in [0.3, 0.4) is 0 Å². The smallest absolute Gasteiger partial charge is 0.243 e. The number of amides is 1. The van der Waals surface area contributed by atoms with Crippen LogP contribution >= 0.6 is 23.2 Å². The lowest BCUT2D eigenvalue weighted by molar-refractivity contribution is -0.116. The van der Waals surface area contributed by atoms with Gasteiger partial charge in [-0.15, -0.1) is 0 Å².